The van der Waals surface area contributed by atoms with E-state index in [9.17, 15) is 9.59 Å². The Bertz CT molecular complexity index is 505. The number of piperidine rings is 1. The summed E-state index contributed by atoms with van der Waals surface area (Å²) in [6.07, 6.45) is 0.901. The minimum atomic E-state index is -0.402. The Kier molecular flexibility index (Phi) is 3.74. The Labute approximate surface area is 114 Å². The fourth-order valence-corrected chi connectivity index (χ4v) is 2.54. The molecule has 0 unspecified atom stereocenters. The first-order valence-electron chi connectivity index (χ1n) is 6.75. The molecular weight excluding hydrogens is 238 g/mol. The molecule has 1 aromatic rings. The topological polar surface area (TPSA) is 37.4 Å². The predicted molar refractivity (Wildman–Crippen MR) is 74.9 cm³/mol. The Morgan fingerprint density at radius 3 is 2.74 bits per heavy atom. The maximum atomic E-state index is 12.3. The molecule has 3 heteroatoms. The van der Waals surface area contributed by atoms with Gasteiger partial charge in [-0.05, 0) is 12.5 Å². The van der Waals surface area contributed by atoms with Gasteiger partial charge in [-0.1, -0.05) is 43.7 Å². The Morgan fingerprint density at radius 2 is 2.11 bits per heavy atom. The summed E-state index contributed by atoms with van der Waals surface area (Å²) in [6.45, 7) is 6.96. The van der Waals surface area contributed by atoms with E-state index in [0.717, 1.165) is 5.56 Å². The molecule has 1 saturated heterocycles. The highest BCUT2D eigenvalue weighted by atomic mass is 16.2. The van der Waals surface area contributed by atoms with Crippen LogP contribution in [0.15, 0.2) is 24.3 Å². The Morgan fingerprint density at radius 1 is 1.37 bits per heavy atom. The first-order chi connectivity index (χ1) is 8.88. The van der Waals surface area contributed by atoms with Crippen LogP contribution in [0.2, 0.25) is 0 Å². The Hall–Kier alpha value is -1.64. The first kappa shape index (κ1) is 13.8. The molecule has 1 aromatic carbocycles. The van der Waals surface area contributed by atoms with Gasteiger partial charge in [-0.15, -0.1) is 0 Å². The van der Waals surface area contributed by atoms with Crippen molar-refractivity contribution in [3.8, 4) is 0 Å². The zero-order valence-corrected chi connectivity index (χ0v) is 11.9. The fraction of sp³-hybridized carbons (Fsp3) is 0.500. The van der Waals surface area contributed by atoms with E-state index in [2.05, 4.69) is 0 Å². The number of benzene rings is 1. The van der Waals surface area contributed by atoms with E-state index >= 15 is 0 Å². The molecule has 1 heterocycles. The number of hydrogen-bond donors (Lipinski definition) is 0. The number of Topliss-reactive ketones (excluding diaryl/α,β-unsaturated/α-hetero) is 1. The zero-order chi connectivity index (χ0) is 14.0. The highest BCUT2D eigenvalue weighted by Crippen LogP contribution is 2.25. The molecule has 0 aromatic heterocycles. The van der Waals surface area contributed by atoms with Crippen LogP contribution in [0.1, 0.15) is 31.4 Å². The number of likely N-dealkylation sites (tertiary alicyclic amines) is 1. The third kappa shape index (κ3) is 3.22. The van der Waals surface area contributed by atoms with Crippen LogP contribution >= 0.6 is 0 Å². The quantitative estimate of drug-likeness (QED) is 0.817. The largest absolute Gasteiger partial charge is 0.341 e. The highest BCUT2D eigenvalue weighted by molar-refractivity contribution is 5.88. The fourth-order valence-electron chi connectivity index (χ4n) is 2.54. The third-order valence-electron chi connectivity index (χ3n) is 3.74. The van der Waals surface area contributed by atoms with E-state index in [4.69, 9.17) is 0 Å². The lowest BCUT2D eigenvalue weighted by Crippen LogP contribution is -2.49. The lowest BCUT2D eigenvalue weighted by Gasteiger charge is -2.36. The second-order valence-corrected chi connectivity index (χ2v) is 6.04. The van der Waals surface area contributed by atoms with Gasteiger partial charge in [0.05, 0.1) is 6.42 Å². The van der Waals surface area contributed by atoms with Crippen molar-refractivity contribution in [3.05, 3.63) is 35.4 Å². The summed E-state index contributed by atoms with van der Waals surface area (Å²) in [5, 5.41) is 0. The van der Waals surface area contributed by atoms with Crippen molar-refractivity contribution in [3.63, 3.8) is 0 Å². The number of aryl methyl sites for hydroxylation is 1. The monoisotopic (exact) mass is 259 g/mol. The molecule has 1 amide bonds. The van der Waals surface area contributed by atoms with Crippen molar-refractivity contribution >= 4 is 11.7 Å². The van der Waals surface area contributed by atoms with Crippen molar-refractivity contribution in [2.45, 2.75) is 33.6 Å². The third-order valence-corrected chi connectivity index (χ3v) is 3.74. The molecule has 1 fully saturated rings. The second kappa shape index (κ2) is 5.16. The van der Waals surface area contributed by atoms with Crippen molar-refractivity contribution in [2.24, 2.45) is 5.41 Å². The molecule has 0 N–H and O–H groups in total. The average molecular weight is 259 g/mol. The lowest BCUT2D eigenvalue weighted by atomic mass is 9.82. The molecule has 0 bridgehead atoms. The number of nitrogens with zero attached hydrogens (tertiary/aromatic N) is 1. The maximum Gasteiger partial charge on any atom is 0.227 e. The van der Waals surface area contributed by atoms with Crippen LogP contribution < -0.4 is 0 Å². The minimum absolute atomic E-state index is 0.117. The van der Waals surface area contributed by atoms with Crippen LogP contribution in [0.5, 0.6) is 0 Å². The van der Waals surface area contributed by atoms with Crippen molar-refractivity contribution < 1.29 is 9.59 Å². The van der Waals surface area contributed by atoms with Crippen LogP contribution in [0.4, 0.5) is 0 Å². The predicted octanol–water partition coefficient (Wildman–Crippen LogP) is 2.37. The van der Waals surface area contributed by atoms with Crippen LogP contribution in [0, 0.1) is 12.3 Å². The number of amides is 1. The number of hydrogen-bond acceptors (Lipinski definition) is 2. The van der Waals surface area contributed by atoms with Gasteiger partial charge in [0.25, 0.3) is 0 Å². The van der Waals surface area contributed by atoms with Crippen LogP contribution in [0.25, 0.3) is 0 Å². The highest BCUT2D eigenvalue weighted by Gasteiger charge is 2.35. The van der Waals surface area contributed by atoms with Gasteiger partial charge in [-0.2, -0.15) is 0 Å². The van der Waals surface area contributed by atoms with E-state index in [0.29, 0.717) is 25.9 Å². The number of carbonyl (C=O) groups is 2. The molecule has 0 atom stereocenters. The van der Waals surface area contributed by atoms with Gasteiger partial charge in [0, 0.05) is 24.9 Å². The average Bonchev–Trinajstić information content (AvgIpc) is 2.32. The van der Waals surface area contributed by atoms with Gasteiger partial charge < -0.3 is 4.90 Å². The van der Waals surface area contributed by atoms with Gasteiger partial charge >= 0.3 is 0 Å². The van der Waals surface area contributed by atoms with Gasteiger partial charge in [0.15, 0.2) is 0 Å². The van der Waals surface area contributed by atoms with E-state index < -0.39 is 5.41 Å². The molecule has 2 rings (SSSR count). The SMILES string of the molecule is Cc1cccc(CC(=O)N2CCC(=O)C(C)(C)C2)c1. The molecule has 19 heavy (non-hydrogen) atoms. The molecular formula is C16H21NO2. The molecule has 1 aliphatic rings. The van der Waals surface area contributed by atoms with Gasteiger partial charge in [0.2, 0.25) is 5.91 Å². The molecule has 102 valence electrons. The lowest BCUT2D eigenvalue weighted by molar-refractivity contribution is -0.140. The van der Waals surface area contributed by atoms with Crippen LogP contribution in [-0.4, -0.2) is 29.7 Å². The summed E-state index contributed by atoms with van der Waals surface area (Å²) >= 11 is 0. The maximum absolute atomic E-state index is 12.3. The van der Waals surface area contributed by atoms with E-state index in [1.165, 1.54) is 5.56 Å². The standard InChI is InChI=1S/C16H21NO2/c1-12-5-4-6-13(9-12)10-15(19)17-8-7-14(18)16(2,3)11-17/h4-6,9H,7-8,10-11H2,1-3H3. The Balaban J connectivity index is 2.03. The molecule has 0 saturated carbocycles. The molecule has 0 spiro atoms. The number of carbonyl (C=O) groups excluding carboxylic acids is 2. The van der Waals surface area contributed by atoms with Gasteiger partial charge in [-0.25, -0.2) is 0 Å². The number of rotatable bonds is 2. The van der Waals surface area contributed by atoms with Crippen molar-refractivity contribution in [2.75, 3.05) is 13.1 Å². The normalized spacial score (nSPS) is 18.5. The summed E-state index contributed by atoms with van der Waals surface area (Å²) in [6, 6.07) is 8.02. The van der Waals surface area contributed by atoms with Crippen LogP contribution in [-0.2, 0) is 16.0 Å². The first-order valence-corrected chi connectivity index (χ1v) is 6.75. The summed E-state index contributed by atoms with van der Waals surface area (Å²) in [5.74, 6) is 0.373. The molecule has 0 radical (unpaired) electrons. The van der Waals surface area contributed by atoms with Crippen molar-refractivity contribution in [1.29, 1.82) is 0 Å². The summed E-state index contributed by atoms with van der Waals surface area (Å²) in [4.78, 5) is 25.9. The number of ketones is 1. The van der Waals surface area contributed by atoms with Gasteiger partial charge in [0.1, 0.15) is 5.78 Å². The molecule has 0 aliphatic carbocycles. The summed E-state index contributed by atoms with van der Waals surface area (Å²) in [5.41, 5.74) is 1.81. The van der Waals surface area contributed by atoms with Crippen molar-refractivity contribution in [1.82, 2.24) is 4.90 Å². The van der Waals surface area contributed by atoms with E-state index in [1.54, 1.807) is 0 Å². The smallest absolute Gasteiger partial charge is 0.227 e. The molecule has 1 aliphatic heterocycles. The second-order valence-electron chi connectivity index (χ2n) is 6.04. The van der Waals surface area contributed by atoms with E-state index in [1.807, 2.05) is 49.9 Å². The summed E-state index contributed by atoms with van der Waals surface area (Å²) in [7, 11) is 0. The van der Waals surface area contributed by atoms with Gasteiger partial charge in [-0.3, -0.25) is 9.59 Å². The zero-order valence-electron chi connectivity index (χ0n) is 11.9. The molecule has 3 nitrogen and oxygen atoms in total. The summed E-state index contributed by atoms with van der Waals surface area (Å²) < 4.78 is 0. The van der Waals surface area contributed by atoms with E-state index in [-0.39, 0.29) is 11.7 Å². The minimum Gasteiger partial charge on any atom is -0.341 e. The van der Waals surface area contributed by atoms with Crippen LogP contribution in [0.3, 0.4) is 0 Å².